The van der Waals surface area contributed by atoms with Crippen LogP contribution in [0.4, 0.5) is 0 Å². The van der Waals surface area contributed by atoms with E-state index in [2.05, 4.69) is 13.5 Å². The Morgan fingerprint density at radius 1 is 1.20 bits per heavy atom. The number of hydrogen-bond acceptors (Lipinski definition) is 1. The average molecular weight is 210 g/mol. The maximum absolute atomic E-state index is 10.7. The van der Waals surface area contributed by atoms with Gasteiger partial charge in [0.15, 0.2) is 0 Å². The zero-order valence-corrected chi connectivity index (χ0v) is 9.67. The van der Waals surface area contributed by atoms with Gasteiger partial charge in [0.05, 0.1) is 0 Å². The molecule has 0 aromatic rings. The average Bonchev–Trinajstić information content (AvgIpc) is 2.21. The highest BCUT2D eigenvalue weighted by atomic mass is 16.4. The van der Waals surface area contributed by atoms with E-state index in [4.69, 9.17) is 5.11 Å². The molecule has 0 saturated carbocycles. The van der Waals surface area contributed by atoms with Crippen molar-refractivity contribution in [2.24, 2.45) is 0 Å². The predicted octanol–water partition coefficient (Wildman–Crippen LogP) is 3.93. The number of rotatable bonds is 9. The van der Waals surface area contributed by atoms with Crippen LogP contribution in [0.15, 0.2) is 24.3 Å². The van der Waals surface area contributed by atoms with E-state index in [1.807, 2.05) is 0 Å². The fraction of sp³-hybridized carbons (Fsp3) is 0.615. The van der Waals surface area contributed by atoms with Crippen LogP contribution >= 0.6 is 0 Å². The van der Waals surface area contributed by atoms with Crippen LogP contribution in [0.2, 0.25) is 0 Å². The van der Waals surface area contributed by atoms with Gasteiger partial charge in [0.1, 0.15) is 0 Å². The molecule has 2 heteroatoms. The van der Waals surface area contributed by atoms with Crippen LogP contribution in [0, 0.1) is 0 Å². The van der Waals surface area contributed by atoms with E-state index >= 15 is 0 Å². The van der Waals surface area contributed by atoms with Crippen molar-refractivity contribution in [3.05, 3.63) is 24.3 Å². The van der Waals surface area contributed by atoms with Gasteiger partial charge < -0.3 is 5.11 Å². The van der Waals surface area contributed by atoms with E-state index in [1.54, 1.807) is 12.2 Å². The van der Waals surface area contributed by atoms with Gasteiger partial charge >= 0.3 is 5.97 Å². The van der Waals surface area contributed by atoms with Gasteiger partial charge in [-0.15, -0.1) is 0 Å². The SMILES string of the molecule is C=CC=C(CCCCCCCC)C(=O)O. The van der Waals surface area contributed by atoms with Crippen LogP contribution in [0.1, 0.15) is 51.9 Å². The molecule has 0 amide bonds. The fourth-order valence-electron chi connectivity index (χ4n) is 1.50. The number of allylic oxidation sites excluding steroid dienone is 2. The molecule has 0 heterocycles. The fourth-order valence-corrected chi connectivity index (χ4v) is 1.50. The van der Waals surface area contributed by atoms with Crippen molar-refractivity contribution in [2.45, 2.75) is 51.9 Å². The molecule has 0 aromatic carbocycles. The van der Waals surface area contributed by atoms with Crippen LogP contribution in [-0.2, 0) is 4.79 Å². The maximum atomic E-state index is 10.7. The molecule has 0 rings (SSSR count). The Morgan fingerprint density at radius 3 is 2.33 bits per heavy atom. The third-order valence-electron chi connectivity index (χ3n) is 2.39. The lowest BCUT2D eigenvalue weighted by Crippen LogP contribution is -2.00. The molecular weight excluding hydrogens is 188 g/mol. The number of carboxylic acids is 1. The largest absolute Gasteiger partial charge is 0.478 e. The van der Waals surface area contributed by atoms with E-state index in [1.165, 1.54) is 25.7 Å². The van der Waals surface area contributed by atoms with E-state index < -0.39 is 5.97 Å². The Kier molecular flexibility index (Phi) is 8.84. The summed E-state index contributed by atoms with van der Waals surface area (Å²) in [4.78, 5) is 10.7. The highest BCUT2D eigenvalue weighted by Gasteiger charge is 2.04. The minimum atomic E-state index is -0.816. The first-order valence-corrected chi connectivity index (χ1v) is 5.77. The summed E-state index contributed by atoms with van der Waals surface area (Å²) in [7, 11) is 0. The smallest absolute Gasteiger partial charge is 0.331 e. The van der Waals surface area contributed by atoms with Crippen LogP contribution in [0.5, 0.6) is 0 Å². The summed E-state index contributed by atoms with van der Waals surface area (Å²) in [6.45, 7) is 5.70. The summed E-state index contributed by atoms with van der Waals surface area (Å²) in [6.07, 6.45) is 10.9. The minimum absolute atomic E-state index is 0.473. The van der Waals surface area contributed by atoms with Gasteiger partial charge in [-0.1, -0.05) is 57.8 Å². The van der Waals surface area contributed by atoms with Crippen LogP contribution in [0.3, 0.4) is 0 Å². The molecule has 0 aliphatic rings. The first kappa shape index (κ1) is 13.9. The van der Waals surface area contributed by atoms with Gasteiger partial charge in [-0.2, -0.15) is 0 Å². The van der Waals surface area contributed by atoms with Crippen molar-refractivity contribution in [1.82, 2.24) is 0 Å². The maximum Gasteiger partial charge on any atom is 0.331 e. The number of carboxylic acid groups (broad SMARTS) is 1. The Hall–Kier alpha value is -1.05. The molecule has 0 aliphatic heterocycles. The lowest BCUT2D eigenvalue weighted by molar-refractivity contribution is -0.132. The monoisotopic (exact) mass is 210 g/mol. The Balaban J connectivity index is 3.59. The van der Waals surface area contributed by atoms with E-state index in [-0.39, 0.29) is 0 Å². The molecule has 86 valence electrons. The first-order valence-electron chi connectivity index (χ1n) is 5.77. The van der Waals surface area contributed by atoms with Crippen molar-refractivity contribution in [3.8, 4) is 0 Å². The second-order valence-corrected chi connectivity index (χ2v) is 3.75. The summed E-state index contributed by atoms with van der Waals surface area (Å²) in [5, 5.41) is 8.83. The molecule has 0 spiro atoms. The molecule has 0 bridgehead atoms. The Bertz CT molecular complexity index is 217. The zero-order valence-electron chi connectivity index (χ0n) is 9.67. The molecule has 15 heavy (non-hydrogen) atoms. The van der Waals surface area contributed by atoms with Crippen molar-refractivity contribution in [2.75, 3.05) is 0 Å². The molecule has 0 unspecified atom stereocenters. The Morgan fingerprint density at radius 2 is 1.80 bits per heavy atom. The van der Waals surface area contributed by atoms with Gasteiger partial charge in [0, 0.05) is 5.57 Å². The summed E-state index contributed by atoms with van der Waals surface area (Å²) in [5.74, 6) is -0.816. The predicted molar refractivity (Wildman–Crippen MR) is 63.9 cm³/mol. The second kappa shape index (κ2) is 9.50. The van der Waals surface area contributed by atoms with Gasteiger partial charge in [-0.25, -0.2) is 4.79 Å². The molecule has 0 aromatic heterocycles. The van der Waals surface area contributed by atoms with E-state index in [9.17, 15) is 4.79 Å². The molecule has 0 radical (unpaired) electrons. The standard InChI is InChI=1S/C13H22O2/c1-3-5-6-7-8-9-11-12(10-4-2)13(14)15/h4,10H,2-3,5-9,11H2,1H3,(H,14,15). The normalized spacial score (nSPS) is 11.4. The van der Waals surface area contributed by atoms with Gasteiger partial charge in [-0.05, 0) is 12.8 Å². The van der Waals surface area contributed by atoms with Crippen molar-refractivity contribution >= 4 is 5.97 Å². The number of aliphatic carboxylic acids is 1. The number of hydrogen-bond donors (Lipinski definition) is 1. The molecule has 0 aliphatic carbocycles. The lowest BCUT2D eigenvalue weighted by atomic mass is 10.0. The zero-order chi connectivity index (χ0) is 11.5. The lowest BCUT2D eigenvalue weighted by Gasteiger charge is -2.01. The molecule has 0 fully saturated rings. The topological polar surface area (TPSA) is 37.3 Å². The highest BCUT2D eigenvalue weighted by Crippen LogP contribution is 2.12. The third kappa shape index (κ3) is 7.98. The summed E-state index contributed by atoms with van der Waals surface area (Å²) in [6, 6.07) is 0. The Labute approximate surface area is 92.7 Å². The van der Waals surface area contributed by atoms with Crippen LogP contribution in [-0.4, -0.2) is 11.1 Å². The quantitative estimate of drug-likeness (QED) is 0.355. The molecule has 1 N–H and O–H groups in total. The van der Waals surface area contributed by atoms with Gasteiger partial charge in [-0.3, -0.25) is 0 Å². The summed E-state index contributed by atoms with van der Waals surface area (Å²) in [5.41, 5.74) is 0.473. The highest BCUT2D eigenvalue weighted by molar-refractivity contribution is 5.86. The van der Waals surface area contributed by atoms with Gasteiger partial charge in [0.25, 0.3) is 0 Å². The van der Waals surface area contributed by atoms with Gasteiger partial charge in [0.2, 0.25) is 0 Å². The number of carbonyl (C=O) groups is 1. The minimum Gasteiger partial charge on any atom is -0.478 e. The molecule has 2 nitrogen and oxygen atoms in total. The first-order chi connectivity index (χ1) is 7.22. The van der Waals surface area contributed by atoms with Crippen molar-refractivity contribution < 1.29 is 9.90 Å². The van der Waals surface area contributed by atoms with Crippen molar-refractivity contribution in [1.29, 1.82) is 0 Å². The van der Waals surface area contributed by atoms with E-state index in [0.29, 0.717) is 12.0 Å². The van der Waals surface area contributed by atoms with E-state index in [0.717, 1.165) is 12.8 Å². The molecule has 0 saturated heterocycles. The molecular formula is C13H22O2. The van der Waals surface area contributed by atoms with Crippen LogP contribution in [0.25, 0.3) is 0 Å². The summed E-state index contributed by atoms with van der Waals surface area (Å²) >= 11 is 0. The second-order valence-electron chi connectivity index (χ2n) is 3.75. The summed E-state index contributed by atoms with van der Waals surface area (Å²) < 4.78 is 0. The van der Waals surface area contributed by atoms with Crippen LogP contribution < -0.4 is 0 Å². The molecule has 0 atom stereocenters. The number of unbranched alkanes of at least 4 members (excludes halogenated alkanes) is 5. The third-order valence-corrected chi connectivity index (χ3v) is 2.39. The van der Waals surface area contributed by atoms with Crippen molar-refractivity contribution in [3.63, 3.8) is 0 Å².